The molecule has 3 heterocycles. The second-order valence-electron chi connectivity index (χ2n) is 7.32. The quantitative estimate of drug-likeness (QED) is 0.573. The minimum Gasteiger partial charge on any atom is -0.490 e. The van der Waals surface area contributed by atoms with Crippen LogP contribution in [0.25, 0.3) is 6.08 Å². The molecule has 1 amide bonds. The fourth-order valence-electron chi connectivity index (χ4n) is 3.78. The van der Waals surface area contributed by atoms with Gasteiger partial charge in [0.1, 0.15) is 11.9 Å². The summed E-state index contributed by atoms with van der Waals surface area (Å²) in [7, 11) is 0. The molecule has 0 aliphatic carbocycles. The molecule has 4 rings (SSSR count). The summed E-state index contributed by atoms with van der Waals surface area (Å²) in [4.78, 5) is 31.2. The number of carbonyl (C=O) groups is 2. The van der Waals surface area contributed by atoms with Crippen LogP contribution in [-0.4, -0.2) is 47.7 Å². The van der Waals surface area contributed by atoms with Gasteiger partial charge in [0.25, 0.3) is 5.91 Å². The van der Waals surface area contributed by atoms with Gasteiger partial charge in [0.05, 0.1) is 17.4 Å². The van der Waals surface area contributed by atoms with Crippen molar-refractivity contribution in [3.05, 3.63) is 34.2 Å². The van der Waals surface area contributed by atoms with Crippen LogP contribution in [0.4, 0.5) is 0 Å². The molecule has 0 spiro atoms. The molecule has 0 aromatic heterocycles. The molecule has 1 aromatic rings. The highest BCUT2D eigenvalue weighted by Crippen LogP contribution is 2.34. The number of likely N-dealkylation sites (tertiary alicyclic amines) is 1. The van der Waals surface area contributed by atoms with Crippen molar-refractivity contribution in [3.63, 3.8) is 0 Å². The minimum atomic E-state index is -0.197. The van der Waals surface area contributed by atoms with Crippen LogP contribution < -0.4 is 4.74 Å². The van der Waals surface area contributed by atoms with Crippen molar-refractivity contribution in [1.29, 1.82) is 0 Å². The second kappa shape index (κ2) is 7.99. The molecule has 0 radical (unpaired) electrons. The van der Waals surface area contributed by atoms with Crippen LogP contribution >= 0.6 is 11.8 Å². The summed E-state index contributed by atoms with van der Waals surface area (Å²) in [6.45, 7) is 5.72. The summed E-state index contributed by atoms with van der Waals surface area (Å²) < 4.78 is 10.9. The van der Waals surface area contributed by atoms with Crippen LogP contribution in [0.1, 0.15) is 37.8 Å². The van der Waals surface area contributed by atoms with Gasteiger partial charge in [-0.25, -0.2) is 0 Å². The first-order valence-electron chi connectivity index (χ1n) is 9.77. The molecule has 3 aliphatic rings. The highest BCUT2D eigenvalue weighted by Gasteiger charge is 2.31. The summed E-state index contributed by atoms with van der Waals surface area (Å²) in [5, 5.41) is 0.733. The maximum atomic E-state index is 12.4. The monoisotopic (exact) mass is 400 g/mol. The van der Waals surface area contributed by atoms with Crippen molar-refractivity contribution in [1.82, 2.24) is 4.90 Å². The van der Waals surface area contributed by atoms with Crippen LogP contribution in [0, 0.1) is 5.92 Å². The highest BCUT2D eigenvalue weighted by molar-refractivity contribution is 8.18. The van der Waals surface area contributed by atoms with Crippen LogP contribution in [0.3, 0.4) is 0 Å². The summed E-state index contributed by atoms with van der Waals surface area (Å²) in [5.74, 6) is 0.568. The lowest BCUT2D eigenvalue weighted by Crippen LogP contribution is -2.39. The fraction of sp³-hybridized carbons (Fsp3) is 0.476. The van der Waals surface area contributed by atoms with Gasteiger partial charge < -0.3 is 14.4 Å². The van der Waals surface area contributed by atoms with Gasteiger partial charge in [0.15, 0.2) is 5.17 Å². The summed E-state index contributed by atoms with van der Waals surface area (Å²) in [6.07, 6.45) is 4.46. The maximum absolute atomic E-state index is 12.4. The summed E-state index contributed by atoms with van der Waals surface area (Å²) in [5.41, 5.74) is 2.17. The molecule has 1 aromatic carbocycles. The van der Waals surface area contributed by atoms with Crippen molar-refractivity contribution in [2.24, 2.45) is 10.9 Å². The SMILES string of the molecule is CCOC(=O)C1CCN(C2=NC(=O)/C(=C\c3ccc4c(c3)CC(C)O4)S2)CC1. The molecule has 0 N–H and O–H groups in total. The smallest absolute Gasteiger partial charge is 0.309 e. The lowest BCUT2D eigenvalue weighted by Gasteiger charge is -2.31. The molecule has 6 nitrogen and oxygen atoms in total. The number of ether oxygens (including phenoxy) is 2. The number of benzene rings is 1. The second-order valence-corrected chi connectivity index (χ2v) is 8.33. The summed E-state index contributed by atoms with van der Waals surface area (Å²) >= 11 is 1.41. The van der Waals surface area contributed by atoms with E-state index in [1.165, 1.54) is 17.3 Å². The third kappa shape index (κ3) is 3.94. The molecular weight excluding hydrogens is 376 g/mol. The van der Waals surface area contributed by atoms with Crippen LogP contribution in [0.5, 0.6) is 5.75 Å². The molecule has 0 saturated carbocycles. The lowest BCUT2D eigenvalue weighted by atomic mass is 9.97. The Balaban J connectivity index is 1.39. The number of hydrogen-bond donors (Lipinski definition) is 0. The number of esters is 1. The van der Waals surface area contributed by atoms with E-state index in [9.17, 15) is 9.59 Å². The van der Waals surface area contributed by atoms with Gasteiger partial charge in [-0.15, -0.1) is 0 Å². The third-order valence-corrected chi connectivity index (χ3v) is 6.26. The highest BCUT2D eigenvalue weighted by atomic mass is 32.2. The molecule has 148 valence electrons. The van der Waals surface area contributed by atoms with E-state index in [-0.39, 0.29) is 23.9 Å². The van der Waals surface area contributed by atoms with Crippen LogP contribution in [0.2, 0.25) is 0 Å². The number of nitrogens with zero attached hydrogens (tertiary/aromatic N) is 2. The van der Waals surface area contributed by atoms with E-state index < -0.39 is 0 Å². The standard InChI is InChI=1S/C21H24N2O4S/c1-3-26-20(25)15-6-8-23(9-7-15)21-22-19(24)18(28-21)12-14-4-5-17-16(11-14)10-13(2)27-17/h4-5,11-13,15H,3,6-10H2,1-2H3/b18-12+. The van der Waals surface area contributed by atoms with Crippen molar-refractivity contribution in [2.75, 3.05) is 19.7 Å². The lowest BCUT2D eigenvalue weighted by molar-refractivity contribution is -0.149. The number of rotatable bonds is 3. The van der Waals surface area contributed by atoms with Crippen molar-refractivity contribution in [2.45, 2.75) is 39.2 Å². The zero-order valence-corrected chi connectivity index (χ0v) is 17.0. The predicted molar refractivity (Wildman–Crippen MR) is 109 cm³/mol. The number of carbonyl (C=O) groups excluding carboxylic acids is 2. The molecule has 1 unspecified atom stereocenters. The Kier molecular flexibility index (Phi) is 5.44. The maximum Gasteiger partial charge on any atom is 0.309 e. The Morgan fingerprint density at radius 2 is 2.18 bits per heavy atom. The number of fused-ring (bicyclic) bond motifs is 1. The topological polar surface area (TPSA) is 68.2 Å². The fourth-order valence-corrected chi connectivity index (χ4v) is 4.75. The molecule has 0 bridgehead atoms. The Labute approximate surface area is 169 Å². The molecular formula is C21H24N2O4S. The number of hydrogen-bond acceptors (Lipinski definition) is 6. The zero-order valence-electron chi connectivity index (χ0n) is 16.1. The summed E-state index contributed by atoms with van der Waals surface area (Å²) in [6, 6.07) is 6.03. The number of thioether (sulfide) groups is 1. The Hall–Kier alpha value is -2.28. The Morgan fingerprint density at radius 1 is 1.39 bits per heavy atom. The molecule has 7 heteroatoms. The number of amidine groups is 1. The van der Waals surface area contributed by atoms with E-state index in [2.05, 4.69) is 22.9 Å². The van der Waals surface area contributed by atoms with Gasteiger partial charge in [0.2, 0.25) is 0 Å². The Bertz CT molecular complexity index is 856. The van der Waals surface area contributed by atoms with Crippen molar-refractivity contribution >= 4 is 34.9 Å². The molecule has 28 heavy (non-hydrogen) atoms. The third-order valence-electron chi connectivity index (χ3n) is 5.21. The normalized spacial score (nSPS) is 23.6. The average Bonchev–Trinajstić information content (AvgIpc) is 3.23. The van der Waals surface area contributed by atoms with E-state index >= 15 is 0 Å². The van der Waals surface area contributed by atoms with Crippen molar-refractivity contribution < 1.29 is 19.1 Å². The Morgan fingerprint density at radius 3 is 2.93 bits per heavy atom. The first kappa shape index (κ1) is 19.1. The van der Waals surface area contributed by atoms with E-state index in [1.807, 2.05) is 25.1 Å². The van der Waals surface area contributed by atoms with Gasteiger partial charge >= 0.3 is 5.97 Å². The van der Waals surface area contributed by atoms with Gasteiger partial charge in [-0.1, -0.05) is 6.07 Å². The minimum absolute atomic E-state index is 0.0510. The largest absolute Gasteiger partial charge is 0.490 e. The van der Waals surface area contributed by atoms with Crippen molar-refractivity contribution in [3.8, 4) is 5.75 Å². The van der Waals surface area contributed by atoms with Gasteiger partial charge in [-0.2, -0.15) is 4.99 Å². The van der Waals surface area contributed by atoms with Crippen LogP contribution in [-0.2, 0) is 20.7 Å². The number of amides is 1. The van der Waals surface area contributed by atoms with Crippen LogP contribution in [0.15, 0.2) is 28.1 Å². The van der Waals surface area contributed by atoms with E-state index in [4.69, 9.17) is 9.47 Å². The average molecular weight is 401 g/mol. The van der Waals surface area contributed by atoms with E-state index in [1.54, 1.807) is 0 Å². The van der Waals surface area contributed by atoms with Gasteiger partial charge in [-0.3, -0.25) is 9.59 Å². The molecule has 3 aliphatic heterocycles. The molecule has 1 atom stereocenters. The van der Waals surface area contributed by atoms with Gasteiger partial charge in [0, 0.05) is 19.5 Å². The molecule has 1 saturated heterocycles. The van der Waals surface area contributed by atoms with Gasteiger partial charge in [-0.05, 0) is 67.8 Å². The van der Waals surface area contributed by atoms with E-state index in [0.717, 1.165) is 35.7 Å². The molecule has 1 fully saturated rings. The van der Waals surface area contributed by atoms with E-state index in [0.29, 0.717) is 24.6 Å². The number of piperidine rings is 1. The first-order valence-corrected chi connectivity index (χ1v) is 10.6. The predicted octanol–water partition coefficient (Wildman–Crippen LogP) is 3.26. The number of aliphatic imine (C=N–C) groups is 1. The first-order chi connectivity index (χ1) is 13.5. The zero-order chi connectivity index (χ0) is 19.7.